The van der Waals surface area contributed by atoms with E-state index in [9.17, 15) is 18.4 Å². The molecule has 1 aromatic heterocycles. The first-order chi connectivity index (χ1) is 12.9. The minimum absolute atomic E-state index is 0.0738. The standard InChI is InChI=1S/C19H23F2N3O3/c20-19(21)8-12(9-19)18(26)24-6-3-16-15(11-24)14(4-7-27-16)17(25)23-13-2-1-5-22-10-13/h1-2,5,10,12,14-16H,3-4,6-9,11H2,(H,23,25)/t14-,15+,16-/m1/s1. The molecule has 0 unspecified atom stereocenters. The quantitative estimate of drug-likeness (QED) is 0.875. The third-order valence-corrected chi connectivity index (χ3v) is 5.89. The van der Waals surface area contributed by atoms with Crippen molar-refractivity contribution in [3.05, 3.63) is 24.5 Å². The minimum atomic E-state index is -2.71. The van der Waals surface area contributed by atoms with Crippen molar-refractivity contribution in [3.63, 3.8) is 0 Å². The maximum absolute atomic E-state index is 13.1. The molecule has 3 aliphatic rings. The fourth-order valence-corrected chi connectivity index (χ4v) is 4.41. The van der Waals surface area contributed by atoms with Crippen molar-refractivity contribution in [1.29, 1.82) is 0 Å². The van der Waals surface area contributed by atoms with Crippen LogP contribution < -0.4 is 5.32 Å². The Morgan fingerprint density at radius 3 is 2.81 bits per heavy atom. The van der Waals surface area contributed by atoms with Gasteiger partial charge in [-0.1, -0.05) is 0 Å². The molecule has 3 atom stereocenters. The van der Waals surface area contributed by atoms with E-state index in [4.69, 9.17) is 4.74 Å². The number of likely N-dealkylation sites (tertiary alicyclic amines) is 1. The van der Waals surface area contributed by atoms with Crippen LogP contribution in [0, 0.1) is 17.8 Å². The van der Waals surface area contributed by atoms with Gasteiger partial charge in [-0.25, -0.2) is 8.78 Å². The molecule has 2 saturated heterocycles. The highest BCUT2D eigenvalue weighted by atomic mass is 19.3. The Labute approximate surface area is 156 Å². The molecule has 0 bridgehead atoms. The van der Waals surface area contributed by atoms with E-state index in [1.165, 1.54) is 0 Å². The van der Waals surface area contributed by atoms with E-state index >= 15 is 0 Å². The first-order valence-corrected chi connectivity index (χ1v) is 9.42. The number of piperidine rings is 1. The van der Waals surface area contributed by atoms with Gasteiger partial charge >= 0.3 is 0 Å². The van der Waals surface area contributed by atoms with Crippen LogP contribution in [-0.4, -0.2) is 53.4 Å². The predicted octanol–water partition coefficient (Wildman–Crippen LogP) is 2.32. The second-order valence-electron chi connectivity index (χ2n) is 7.73. The van der Waals surface area contributed by atoms with Crippen LogP contribution in [0.5, 0.6) is 0 Å². The molecule has 1 saturated carbocycles. The van der Waals surface area contributed by atoms with Crippen LogP contribution in [0.1, 0.15) is 25.7 Å². The molecule has 2 aliphatic heterocycles. The summed E-state index contributed by atoms with van der Waals surface area (Å²) >= 11 is 0. The van der Waals surface area contributed by atoms with Crippen molar-refractivity contribution in [2.75, 3.05) is 25.0 Å². The minimum Gasteiger partial charge on any atom is -0.378 e. The topological polar surface area (TPSA) is 71.5 Å². The summed E-state index contributed by atoms with van der Waals surface area (Å²) in [5.41, 5.74) is 0.631. The van der Waals surface area contributed by atoms with Crippen molar-refractivity contribution in [1.82, 2.24) is 9.88 Å². The molecule has 27 heavy (non-hydrogen) atoms. The fourth-order valence-electron chi connectivity index (χ4n) is 4.41. The number of nitrogens with zero attached hydrogens (tertiary/aromatic N) is 2. The number of pyridine rings is 1. The van der Waals surface area contributed by atoms with Crippen LogP contribution in [0.4, 0.5) is 14.5 Å². The average molecular weight is 379 g/mol. The molecule has 4 rings (SSSR count). The highest BCUT2D eigenvalue weighted by Gasteiger charge is 2.51. The predicted molar refractivity (Wildman–Crippen MR) is 93.1 cm³/mol. The maximum Gasteiger partial charge on any atom is 0.249 e. The van der Waals surface area contributed by atoms with Gasteiger partial charge in [0.05, 0.1) is 18.0 Å². The Morgan fingerprint density at radius 1 is 1.30 bits per heavy atom. The van der Waals surface area contributed by atoms with E-state index < -0.39 is 11.8 Å². The second kappa shape index (κ2) is 7.14. The maximum atomic E-state index is 13.1. The van der Waals surface area contributed by atoms with Gasteiger partial charge in [-0.3, -0.25) is 14.6 Å². The Bertz CT molecular complexity index is 707. The van der Waals surface area contributed by atoms with E-state index in [0.717, 1.165) is 0 Å². The van der Waals surface area contributed by atoms with Gasteiger partial charge in [-0.15, -0.1) is 0 Å². The van der Waals surface area contributed by atoms with Gasteiger partial charge in [0.1, 0.15) is 0 Å². The smallest absolute Gasteiger partial charge is 0.249 e. The summed E-state index contributed by atoms with van der Waals surface area (Å²) in [4.78, 5) is 31.0. The summed E-state index contributed by atoms with van der Waals surface area (Å²) in [7, 11) is 0. The Hall–Kier alpha value is -2.09. The van der Waals surface area contributed by atoms with E-state index in [1.54, 1.807) is 29.4 Å². The normalized spacial score (nSPS) is 30.1. The number of rotatable bonds is 3. The number of ether oxygens (including phenoxy) is 1. The van der Waals surface area contributed by atoms with Crippen LogP contribution in [0.2, 0.25) is 0 Å². The number of carbonyl (C=O) groups excluding carboxylic acids is 2. The van der Waals surface area contributed by atoms with Crippen molar-refractivity contribution in [2.24, 2.45) is 17.8 Å². The number of carbonyl (C=O) groups is 2. The molecule has 1 aliphatic carbocycles. The highest BCUT2D eigenvalue weighted by molar-refractivity contribution is 5.92. The lowest BCUT2D eigenvalue weighted by molar-refractivity contribution is -0.168. The first kappa shape index (κ1) is 18.3. The molecule has 3 heterocycles. The molecule has 6 nitrogen and oxygen atoms in total. The summed E-state index contributed by atoms with van der Waals surface area (Å²) in [5, 5.41) is 2.88. The number of anilines is 1. The molecule has 0 radical (unpaired) electrons. The van der Waals surface area contributed by atoms with Gasteiger partial charge in [-0.05, 0) is 25.0 Å². The number of aromatic nitrogens is 1. The monoisotopic (exact) mass is 379 g/mol. The lowest BCUT2D eigenvalue weighted by atomic mass is 9.77. The van der Waals surface area contributed by atoms with E-state index in [0.29, 0.717) is 38.2 Å². The molecular formula is C19H23F2N3O3. The summed E-state index contributed by atoms with van der Waals surface area (Å²) in [6.07, 6.45) is 3.63. The molecule has 0 aromatic carbocycles. The summed E-state index contributed by atoms with van der Waals surface area (Å²) in [5.74, 6) is -4.01. The average Bonchev–Trinajstić information content (AvgIpc) is 2.65. The molecule has 1 aromatic rings. The van der Waals surface area contributed by atoms with Crippen LogP contribution in [-0.2, 0) is 14.3 Å². The third-order valence-electron chi connectivity index (χ3n) is 5.89. The zero-order valence-corrected chi connectivity index (χ0v) is 14.9. The third kappa shape index (κ3) is 3.81. The van der Waals surface area contributed by atoms with E-state index in [1.807, 2.05) is 0 Å². The SMILES string of the molecule is O=C(Nc1cccnc1)[C@@H]1CCO[C@@H]2CCN(C(=O)C3CC(F)(F)C3)C[C@H]21. The zero-order valence-electron chi connectivity index (χ0n) is 14.9. The van der Waals surface area contributed by atoms with Crippen molar-refractivity contribution < 1.29 is 23.1 Å². The Kier molecular flexibility index (Phi) is 4.84. The van der Waals surface area contributed by atoms with Crippen LogP contribution in [0.3, 0.4) is 0 Å². The zero-order chi connectivity index (χ0) is 19.0. The van der Waals surface area contributed by atoms with E-state index in [-0.39, 0.29) is 42.6 Å². The summed E-state index contributed by atoms with van der Waals surface area (Å²) in [6.45, 7) is 1.39. The van der Waals surface area contributed by atoms with Gasteiger partial charge in [0.15, 0.2) is 0 Å². The molecule has 1 N–H and O–H groups in total. The van der Waals surface area contributed by atoms with Gasteiger partial charge in [-0.2, -0.15) is 0 Å². The highest BCUT2D eigenvalue weighted by Crippen LogP contribution is 2.44. The van der Waals surface area contributed by atoms with Crippen LogP contribution in [0.15, 0.2) is 24.5 Å². The van der Waals surface area contributed by atoms with Crippen molar-refractivity contribution in [3.8, 4) is 0 Å². The summed E-state index contributed by atoms with van der Waals surface area (Å²) in [6, 6.07) is 3.52. The van der Waals surface area contributed by atoms with E-state index in [2.05, 4.69) is 10.3 Å². The molecule has 2 amide bonds. The lowest BCUT2D eigenvalue weighted by Gasteiger charge is -2.46. The Balaban J connectivity index is 1.42. The number of nitrogens with one attached hydrogen (secondary N) is 1. The van der Waals surface area contributed by atoms with Gasteiger partial charge in [0.25, 0.3) is 0 Å². The number of halogens is 2. The summed E-state index contributed by atoms with van der Waals surface area (Å²) < 4.78 is 32.0. The largest absolute Gasteiger partial charge is 0.378 e. The number of hydrogen-bond donors (Lipinski definition) is 1. The molecule has 146 valence electrons. The van der Waals surface area contributed by atoms with Crippen molar-refractivity contribution >= 4 is 17.5 Å². The fraction of sp³-hybridized carbons (Fsp3) is 0.632. The van der Waals surface area contributed by atoms with Gasteiger partial charge in [0.2, 0.25) is 17.7 Å². The lowest BCUT2D eigenvalue weighted by Crippen LogP contribution is -2.56. The second-order valence-corrected chi connectivity index (χ2v) is 7.73. The van der Waals surface area contributed by atoms with Crippen LogP contribution in [0.25, 0.3) is 0 Å². The van der Waals surface area contributed by atoms with Crippen molar-refractivity contribution in [2.45, 2.75) is 37.7 Å². The van der Waals surface area contributed by atoms with Gasteiger partial charge < -0.3 is 15.0 Å². The molecular weight excluding hydrogens is 356 g/mol. The molecule has 3 fully saturated rings. The Morgan fingerprint density at radius 2 is 2.11 bits per heavy atom. The van der Waals surface area contributed by atoms with Crippen LogP contribution >= 0.6 is 0 Å². The number of alkyl halides is 2. The van der Waals surface area contributed by atoms with Gasteiger partial charge in [0, 0.05) is 56.5 Å². The number of hydrogen-bond acceptors (Lipinski definition) is 4. The number of amides is 2. The number of fused-ring (bicyclic) bond motifs is 1. The molecule has 8 heteroatoms. The first-order valence-electron chi connectivity index (χ1n) is 9.42. The molecule has 0 spiro atoms.